The highest BCUT2D eigenvalue weighted by atomic mass is 79.9. The number of benzene rings is 1. The average molecular weight is 265 g/mol. The van der Waals surface area contributed by atoms with E-state index in [4.69, 9.17) is 4.74 Å². The van der Waals surface area contributed by atoms with Crippen LogP contribution in [0.3, 0.4) is 0 Å². The van der Waals surface area contributed by atoms with Gasteiger partial charge in [-0.1, -0.05) is 13.8 Å². The van der Waals surface area contributed by atoms with Gasteiger partial charge in [0.05, 0.1) is 11.6 Å². The molecule has 1 nitrogen and oxygen atoms in total. The maximum absolute atomic E-state index is 13.6. The minimum absolute atomic E-state index is 0.0812. The summed E-state index contributed by atoms with van der Waals surface area (Å²) in [5.74, 6) is -1.18. The molecule has 0 aliphatic carbocycles. The molecule has 0 fully saturated rings. The van der Waals surface area contributed by atoms with E-state index in [1.54, 1.807) is 13.8 Å². The Morgan fingerprint density at radius 3 is 2.36 bits per heavy atom. The van der Waals surface area contributed by atoms with Crippen molar-refractivity contribution < 1.29 is 13.5 Å². The van der Waals surface area contributed by atoms with Crippen molar-refractivity contribution in [3.8, 4) is 5.75 Å². The van der Waals surface area contributed by atoms with Crippen molar-refractivity contribution in [1.29, 1.82) is 0 Å². The van der Waals surface area contributed by atoms with E-state index in [1.165, 1.54) is 13.2 Å². The lowest BCUT2D eigenvalue weighted by Gasteiger charge is -2.12. The molecule has 0 N–H and O–H groups in total. The largest absolute Gasteiger partial charge is 0.495 e. The number of hydrogen-bond acceptors (Lipinski definition) is 1. The van der Waals surface area contributed by atoms with Crippen LogP contribution in [0.15, 0.2) is 10.5 Å². The van der Waals surface area contributed by atoms with E-state index in [2.05, 4.69) is 15.9 Å². The lowest BCUT2D eigenvalue weighted by molar-refractivity contribution is 0.400. The van der Waals surface area contributed by atoms with Crippen LogP contribution in [0.25, 0.3) is 0 Å². The highest BCUT2D eigenvalue weighted by Gasteiger charge is 2.19. The predicted molar refractivity (Wildman–Crippen MR) is 54.7 cm³/mol. The van der Waals surface area contributed by atoms with Gasteiger partial charge in [0.2, 0.25) is 0 Å². The van der Waals surface area contributed by atoms with Gasteiger partial charge in [-0.25, -0.2) is 8.78 Å². The Morgan fingerprint density at radius 1 is 1.36 bits per heavy atom. The molecule has 0 atom stereocenters. The molecular weight excluding hydrogens is 254 g/mol. The molecule has 0 radical (unpaired) electrons. The van der Waals surface area contributed by atoms with Crippen molar-refractivity contribution in [3.05, 3.63) is 27.7 Å². The van der Waals surface area contributed by atoms with Gasteiger partial charge in [0.25, 0.3) is 0 Å². The molecular formula is C10H11BrF2O. The van der Waals surface area contributed by atoms with Crippen molar-refractivity contribution >= 4 is 15.9 Å². The van der Waals surface area contributed by atoms with Crippen LogP contribution in [0.5, 0.6) is 5.75 Å². The van der Waals surface area contributed by atoms with Gasteiger partial charge in [-0.15, -0.1) is 0 Å². The third kappa shape index (κ3) is 1.90. The van der Waals surface area contributed by atoms with Crippen molar-refractivity contribution in [3.63, 3.8) is 0 Å². The van der Waals surface area contributed by atoms with E-state index in [0.717, 1.165) is 0 Å². The summed E-state index contributed by atoms with van der Waals surface area (Å²) in [5.41, 5.74) is 0.0812. The first-order valence-electron chi connectivity index (χ1n) is 4.20. The zero-order valence-corrected chi connectivity index (χ0v) is 9.78. The van der Waals surface area contributed by atoms with Gasteiger partial charge in [-0.05, 0) is 21.8 Å². The van der Waals surface area contributed by atoms with Gasteiger partial charge in [0.15, 0.2) is 0 Å². The SMILES string of the molecule is COc1cc(F)c(C(C)C)c(F)c1Br. The van der Waals surface area contributed by atoms with Crippen LogP contribution >= 0.6 is 15.9 Å². The molecule has 78 valence electrons. The summed E-state index contributed by atoms with van der Waals surface area (Å²) < 4.78 is 32.0. The first kappa shape index (κ1) is 11.4. The van der Waals surface area contributed by atoms with Crippen LogP contribution < -0.4 is 4.74 Å². The van der Waals surface area contributed by atoms with Gasteiger partial charge < -0.3 is 4.74 Å². The smallest absolute Gasteiger partial charge is 0.147 e. The van der Waals surface area contributed by atoms with Crippen LogP contribution in [-0.4, -0.2) is 7.11 Å². The van der Waals surface area contributed by atoms with Crippen LogP contribution in [0.1, 0.15) is 25.3 Å². The maximum Gasteiger partial charge on any atom is 0.147 e. The third-order valence-electron chi connectivity index (χ3n) is 1.96. The van der Waals surface area contributed by atoms with Gasteiger partial charge in [-0.2, -0.15) is 0 Å². The quantitative estimate of drug-likeness (QED) is 0.738. The Morgan fingerprint density at radius 2 is 1.93 bits per heavy atom. The Balaban J connectivity index is 3.41. The molecule has 0 heterocycles. The Labute approximate surface area is 90.2 Å². The molecule has 0 amide bonds. The second-order valence-corrected chi connectivity index (χ2v) is 4.05. The molecule has 0 aliphatic rings. The molecule has 0 aromatic heterocycles. The number of ether oxygens (including phenoxy) is 1. The lowest BCUT2D eigenvalue weighted by atomic mass is 10.0. The molecule has 0 unspecified atom stereocenters. The van der Waals surface area contributed by atoms with Gasteiger partial charge in [-0.3, -0.25) is 0 Å². The van der Waals surface area contributed by atoms with Crippen molar-refractivity contribution in [2.24, 2.45) is 0 Å². The van der Waals surface area contributed by atoms with Crippen LogP contribution in [-0.2, 0) is 0 Å². The zero-order chi connectivity index (χ0) is 10.9. The summed E-state index contributed by atoms with van der Waals surface area (Å²) in [6.45, 7) is 3.47. The summed E-state index contributed by atoms with van der Waals surface area (Å²) in [5, 5.41) is 0. The Hall–Kier alpha value is -0.640. The standard InChI is InChI=1S/C10H11BrF2O/c1-5(2)8-6(12)4-7(14-3)9(11)10(8)13/h4-5H,1-3H3. The highest BCUT2D eigenvalue weighted by molar-refractivity contribution is 9.10. The van der Waals surface area contributed by atoms with Crippen molar-refractivity contribution in [1.82, 2.24) is 0 Å². The topological polar surface area (TPSA) is 9.23 Å². The van der Waals surface area contributed by atoms with E-state index in [-0.39, 0.29) is 21.7 Å². The Kier molecular flexibility index (Phi) is 3.48. The molecule has 0 spiro atoms. The zero-order valence-electron chi connectivity index (χ0n) is 8.20. The fourth-order valence-electron chi connectivity index (χ4n) is 1.27. The summed E-state index contributed by atoms with van der Waals surface area (Å²) in [6, 6.07) is 1.18. The monoisotopic (exact) mass is 264 g/mol. The van der Waals surface area contributed by atoms with Crippen LogP contribution in [0, 0.1) is 11.6 Å². The van der Waals surface area contributed by atoms with Gasteiger partial charge in [0, 0.05) is 11.6 Å². The molecule has 1 aromatic carbocycles. The predicted octanol–water partition coefficient (Wildman–Crippen LogP) is 3.86. The van der Waals surface area contributed by atoms with E-state index in [9.17, 15) is 8.78 Å². The number of halogens is 3. The average Bonchev–Trinajstić information content (AvgIpc) is 2.10. The van der Waals surface area contributed by atoms with Crippen molar-refractivity contribution in [2.75, 3.05) is 7.11 Å². The molecule has 1 rings (SSSR count). The van der Waals surface area contributed by atoms with Gasteiger partial charge in [0.1, 0.15) is 17.4 Å². The number of rotatable bonds is 2. The van der Waals surface area contributed by atoms with E-state index in [0.29, 0.717) is 0 Å². The van der Waals surface area contributed by atoms with E-state index < -0.39 is 11.6 Å². The first-order valence-corrected chi connectivity index (χ1v) is 4.99. The maximum atomic E-state index is 13.6. The fourth-order valence-corrected chi connectivity index (χ4v) is 1.76. The van der Waals surface area contributed by atoms with Crippen molar-refractivity contribution in [2.45, 2.75) is 19.8 Å². The normalized spacial score (nSPS) is 10.8. The minimum atomic E-state index is -0.586. The van der Waals surface area contributed by atoms with E-state index in [1.807, 2.05) is 0 Å². The third-order valence-corrected chi connectivity index (χ3v) is 2.70. The second kappa shape index (κ2) is 4.26. The number of hydrogen-bond donors (Lipinski definition) is 0. The molecule has 4 heteroatoms. The molecule has 14 heavy (non-hydrogen) atoms. The highest BCUT2D eigenvalue weighted by Crippen LogP contribution is 2.34. The fraction of sp³-hybridized carbons (Fsp3) is 0.400. The van der Waals surface area contributed by atoms with Gasteiger partial charge >= 0.3 is 0 Å². The van der Waals surface area contributed by atoms with Crippen LogP contribution in [0.4, 0.5) is 8.78 Å². The summed E-state index contributed by atoms with van der Waals surface area (Å²) >= 11 is 3.03. The second-order valence-electron chi connectivity index (χ2n) is 3.26. The minimum Gasteiger partial charge on any atom is -0.495 e. The summed E-state index contributed by atoms with van der Waals surface area (Å²) in [7, 11) is 1.37. The first-order chi connectivity index (χ1) is 6.49. The van der Waals surface area contributed by atoms with Crippen LogP contribution in [0.2, 0.25) is 0 Å². The molecule has 0 bridgehead atoms. The molecule has 0 aliphatic heterocycles. The summed E-state index contributed by atoms with van der Waals surface area (Å²) in [4.78, 5) is 0. The molecule has 0 saturated heterocycles. The molecule has 1 aromatic rings. The Bertz CT molecular complexity index is 350. The molecule has 0 saturated carbocycles. The number of methoxy groups -OCH3 is 1. The lowest BCUT2D eigenvalue weighted by Crippen LogP contribution is -2.01. The summed E-state index contributed by atoms with van der Waals surface area (Å²) in [6.07, 6.45) is 0. The van der Waals surface area contributed by atoms with E-state index >= 15 is 0 Å².